The van der Waals surface area contributed by atoms with E-state index in [-0.39, 0.29) is 17.3 Å². The van der Waals surface area contributed by atoms with Gasteiger partial charge in [0.15, 0.2) is 17.3 Å². The van der Waals surface area contributed by atoms with Gasteiger partial charge >= 0.3 is 0 Å². The zero-order chi connectivity index (χ0) is 23.4. The maximum Gasteiger partial charge on any atom is 0.231 e. The minimum Gasteiger partial charge on any atom is -0.872 e. The lowest BCUT2D eigenvalue weighted by molar-refractivity contribution is -0.919. The van der Waals surface area contributed by atoms with Gasteiger partial charge in [0.05, 0.1) is 32.9 Å². The fourth-order valence-electron chi connectivity index (χ4n) is 4.26. The lowest BCUT2D eigenvalue weighted by Gasteiger charge is -2.26. The summed E-state index contributed by atoms with van der Waals surface area (Å²) in [6.07, 6.45) is 1.64. The van der Waals surface area contributed by atoms with Gasteiger partial charge in [0, 0.05) is 23.0 Å². The van der Waals surface area contributed by atoms with Crippen molar-refractivity contribution < 1.29 is 29.0 Å². The predicted molar refractivity (Wildman–Crippen MR) is 122 cm³/mol. The second-order valence-electron chi connectivity index (χ2n) is 9.06. The van der Waals surface area contributed by atoms with Crippen LogP contribution in [-0.4, -0.2) is 33.1 Å². The van der Waals surface area contributed by atoms with Gasteiger partial charge in [-0.05, 0) is 18.2 Å². The summed E-state index contributed by atoms with van der Waals surface area (Å²) in [6, 6.07) is 8.48. The van der Waals surface area contributed by atoms with Gasteiger partial charge in [-0.1, -0.05) is 51.6 Å². The highest BCUT2D eigenvalue weighted by molar-refractivity contribution is 6.15. The van der Waals surface area contributed by atoms with E-state index in [1.807, 2.05) is 12.1 Å². The van der Waals surface area contributed by atoms with E-state index in [2.05, 4.69) is 27.7 Å². The summed E-state index contributed by atoms with van der Waals surface area (Å²) in [5.74, 6) is 2.30. The molecule has 32 heavy (non-hydrogen) atoms. The molecule has 0 saturated heterocycles. The number of Topliss-reactive ketones (excluding diaryl/α,β-unsaturated/α-hetero) is 1. The van der Waals surface area contributed by atoms with E-state index in [1.54, 1.807) is 32.4 Å². The Morgan fingerprint density at radius 3 is 2.31 bits per heavy atom. The van der Waals surface area contributed by atoms with Crippen LogP contribution < -0.4 is 24.2 Å². The predicted octanol–water partition coefficient (Wildman–Crippen LogP) is 3.09. The molecular formula is C26H33NO5. The molecule has 0 aromatic heterocycles. The van der Waals surface area contributed by atoms with Crippen molar-refractivity contribution in [2.24, 2.45) is 11.8 Å². The van der Waals surface area contributed by atoms with Gasteiger partial charge in [0.2, 0.25) is 5.78 Å². The molecule has 0 spiro atoms. The first-order valence-electron chi connectivity index (χ1n) is 11.1. The van der Waals surface area contributed by atoms with Crippen LogP contribution in [0.2, 0.25) is 0 Å². The quantitative estimate of drug-likeness (QED) is 0.608. The third kappa shape index (κ3) is 5.07. The first kappa shape index (κ1) is 23.7. The van der Waals surface area contributed by atoms with E-state index >= 15 is 0 Å². The smallest absolute Gasteiger partial charge is 0.231 e. The molecule has 0 fully saturated rings. The zero-order valence-electron chi connectivity index (χ0n) is 19.8. The molecule has 6 heteroatoms. The maximum absolute atomic E-state index is 13.1. The van der Waals surface area contributed by atoms with Crippen LogP contribution in [0, 0.1) is 11.8 Å². The molecule has 0 unspecified atom stereocenters. The Morgan fingerprint density at radius 2 is 1.72 bits per heavy atom. The van der Waals surface area contributed by atoms with Crippen molar-refractivity contribution in [3.8, 4) is 23.0 Å². The number of carbonyl (C=O) groups is 1. The molecule has 1 heterocycles. The Morgan fingerprint density at radius 1 is 1.03 bits per heavy atom. The number of methoxy groups -OCH3 is 2. The fourth-order valence-corrected chi connectivity index (χ4v) is 4.26. The third-order valence-electron chi connectivity index (χ3n) is 5.44. The Hall–Kier alpha value is -2.99. The Bertz CT molecular complexity index is 1000. The molecule has 6 nitrogen and oxygen atoms in total. The summed E-state index contributed by atoms with van der Waals surface area (Å²) >= 11 is 0. The van der Waals surface area contributed by atoms with Crippen LogP contribution in [0.15, 0.2) is 36.1 Å². The van der Waals surface area contributed by atoms with Gasteiger partial charge in [-0.3, -0.25) is 4.79 Å². The summed E-state index contributed by atoms with van der Waals surface area (Å²) in [5, 5.41) is 12.8. The van der Waals surface area contributed by atoms with Crippen LogP contribution in [0.3, 0.4) is 0 Å². The molecule has 1 N–H and O–H groups in total. The Kier molecular flexibility index (Phi) is 7.46. The number of rotatable bonds is 9. The van der Waals surface area contributed by atoms with E-state index in [1.165, 1.54) is 11.0 Å². The molecule has 3 rings (SSSR count). The zero-order valence-corrected chi connectivity index (χ0v) is 19.8. The van der Waals surface area contributed by atoms with Crippen LogP contribution in [0.4, 0.5) is 0 Å². The van der Waals surface area contributed by atoms with Gasteiger partial charge in [-0.2, -0.15) is 0 Å². The minimum atomic E-state index is -0.236. The number of allylic oxidation sites excluding steroid dienone is 1. The lowest BCUT2D eigenvalue weighted by atomic mass is 10.0. The van der Waals surface area contributed by atoms with Crippen LogP contribution in [0.25, 0.3) is 6.08 Å². The molecule has 0 bridgehead atoms. The van der Waals surface area contributed by atoms with E-state index in [9.17, 15) is 9.90 Å². The van der Waals surface area contributed by atoms with Crippen LogP contribution in [0.5, 0.6) is 23.0 Å². The monoisotopic (exact) mass is 439 g/mol. The van der Waals surface area contributed by atoms with Crippen molar-refractivity contribution in [3.05, 3.63) is 52.8 Å². The summed E-state index contributed by atoms with van der Waals surface area (Å²) < 4.78 is 16.8. The fraction of sp³-hybridized carbons (Fsp3) is 0.423. The van der Waals surface area contributed by atoms with E-state index in [0.717, 1.165) is 13.1 Å². The maximum atomic E-state index is 13.1. The van der Waals surface area contributed by atoms with Gasteiger partial charge in [0.1, 0.15) is 12.3 Å². The summed E-state index contributed by atoms with van der Waals surface area (Å²) in [5.41, 5.74) is 1.66. The Labute approximate surface area is 190 Å². The molecule has 0 amide bonds. The van der Waals surface area contributed by atoms with Gasteiger partial charge in [0.25, 0.3) is 0 Å². The number of hydrogen-bond acceptors (Lipinski definition) is 5. The van der Waals surface area contributed by atoms with Crippen molar-refractivity contribution in [2.75, 3.05) is 27.3 Å². The van der Waals surface area contributed by atoms with Crippen LogP contribution in [-0.2, 0) is 6.54 Å². The summed E-state index contributed by atoms with van der Waals surface area (Å²) in [7, 11) is 3.11. The number of para-hydroxylation sites is 1. The minimum absolute atomic E-state index is 0.0956. The van der Waals surface area contributed by atoms with Gasteiger partial charge in [-0.15, -0.1) is 0 Å². The van der Waals surface area contributed by atoms with Crippen molar-refractivity contribution in [2.45, 2.75) is 34.2 Å². The normalized spacial score (nSPS) is 14.4. The molecule has 0 atom stereocenters. The second kappa shape index (κ2) is 10.1. The van der Waals surface area contributed by atoms with Crippen molar-refractivity contribution in [3.63, 3.8) is 0 Å². The van der Waals surface area contributed by atoms with E-state index in [0.29, 0.717) is 52.3 Å². The second-order valence-corrected chi connectivity index (χ2v) is 9.06. The number of ketones is 1. The number of ether oxygens (including phenoxy) is 3. The number of hydrogen-bond donors (Lipinski definition) is 1. The molecular weight excluding hydrogens is 406 g/mol. The molecule has 1 aliphatic rings. The van der Waals surface area contributed by atoms with Gasteiger partial charge in [-0.25, -0.2) is 0 Å². The molecule has 172 valence electrons. The van der Waals surface area contributed by atoms with Crippen LogP contribution in [0.1, 0.15) is 49.2 Å². The third-order valence-corrected chi connectivity index (χ3v) is 5.44. The molecule has 1 aliphatic heterocycles. The molecule has 2 aromatic rings. The Balaban J connectivity index is 1.98. The molecule has 0 radical (unpaired) electrons. The SMILES string of the molecule is COc1cccc(C=C2Oc3c(ccc([O-])c3C[NH+](CC(C)C)CC(C)C)C2=O)c1OC. The number of quaternary nitrogens is 1. The molecule has 2 aromatic carbocycles. The molecule has 0 aliphatic carbocycles. The number of benzene rings is 2. The number of carbonyl (C=O) groups excluding carboxylic acids is 1. The van der Waals surface area contributed by atoms with E-state index in [4.69, 9.17) is 14.2 Å². The van der Waals surface area contributed by atoms with Crippen molar-refractivity contribution >= 4 is 11.9 Å². The van der Waals surface area contributed by atoms with Gasteiger partial charge < -0.3 is 24.2 Å². The largest absolute Gasteiger partial charge is 0.872 e. The topological polar surface area (TPSA) is 72.3 Å². The van der Waals surface area contributed by atoms with Crippen molar-refractivity contribution in [1.29, 1.82) is 0 Å². The van der Waals surface area contributed by atoms with Crippen molar-refractivity contribution in [1.82, 2.24) is 0 Å². The highest BCUT2D eigenvalue weighted by Gasteiger charge is 2.31. The number of fused-ring (bicyclic) bond motifs is 1. The first-order valence-corrected chi connectivity index (χ1v) is 11.1. The standard InChI is InChI=1S/C26H33NO5/c1-16(2)13-27(14-17(3)4)15-20-21(28)11-10-19-24(29)23(32-26(19)20)12-18-8-7-9-22(30-5)25(18)31-6/h7-12,16-17,28H,13-15H2,1-6H3. The number of nitrogens with one attached hydrogen (secondary N) is 1. The average Bonchev–Trinajstić information content (AvgIpc) is 3.04. The summed E-state index contributed by atoms with van der Waals surface area (Å²) in [4.78, 5) is 14.4. The average molecular weight is 440 g/mol. The molecule has 0 saturated carbocycles. The van der Waals surface area contributed by atoms with E-state index < -0.39 is 0 Å². The lowest BCUT2D eigenvalue weighted by Crippen LogP contribution is -3.11. The van der Waals surface area contributed by atoms with Crippen LogP contribution >= 0.6 is 0 Å². The first-order chi connectivity index (χ1) is 15.2. The highest BCUT2D eigenvalue weighted by Crippen LogP contribution is 2.40. The summed E-state index contributed by atoms with van der Waals surface area (Å²) in [6.45, 7) is 11.1. The highest BCUT2D eigenvalue weighted by atomic mass is 16.5.